The van der Waals surface area contributed by atoms with Crippen LogP contribution in [-0.2, 0) is 10.0 Å². The number of carboxylic acid groups (broad SMARTS) is 1. The molecule has 0 unspecified atom stereocenters. The van der Waals surface area contributed by atoms with Crippen molar-refractivity contribution in [3.8, 4) is 11.1 Å². The van der Waals surface area contributed by atoms with Gasteiger partial charge in [-0.2, -0.15) is 5.10 Å². The van der Waals surface area contributed by atoms with E-state index in [1.807, 2.05) is 10.9 Å². The van der Waals surface area contributed by atoms with E-state index >= 15 is 0 Å². The number of aromatic nitrogens is 4. The lowest BCUT2D eigenvalue weighted by Crippen LogP contribution is -2.38. The average molecular weight is 590 g/mol. The van der Waals surface area contributed by atoms with E-state index < -0.39 is 27.8 Å². The van der Waals surface area contributed by atoms with Gasteiger partial charge in [0, 0.05) is 59.3 Å². The van der Waals surface area contributed by atoms with Crippen molar-refractivity contribution in [2.45, 2.75) is 23.8 Å². The topological polar surface area (TPSA) is 110 Å². The van der Waals surface area contributed by atoms with Gasteiger partial charge in [-0.25, -0.2) is 30.9 Å². The molecule has 214 valence electrons. The predicted molar refractivity (Wildman–Crippen MR) is 153 cm³/mol. The van der Waals surface area contributed by atoms with E-state index in [1.54, 1.807) is 36.7 Å². The molecule has 12 heteroatoms. The molecule has 6 rings (SSSR count). The highest BCUT2D eigenvalue weighted by Crippen LogP contribution is 2.31. The third-order valence-corrected chi connectivity index (χ3v) is 9.05. The van der Waals surface area contributed by atoms with Gasteiger partial charge in [-0.3, -0.25) is 4.68 Å². The van der Waals surface area contributed by atoms with E-state index in [2.05, 4.69) is 10.1 Å². The summed E-state index contributed by atoms with van der Waals surface area (Å²) in [7, 11) is -4.02. The maximum absolute atomic E-state index is 14.3. The molecular weight excluding hydrogens is 564 g/mol. The zero-order valence-electron chi connectivity index (χ0n) is 22.1. The molecule has 5 aromatic rings. The summed E-state index contributed by atoms with van der Waals surface area (Å²) < 4.78 is 58.1. The Morgan fingerprint density at radius 2 is 1.67 bits per heavy atom. The maximum atomic E-state index is 14.3. The minimum Gasteiger partial charge on any atom is -0.465 e. The number of pyridine rings is 1. The molecule has 1 aliphatic rings. The minimum absolute atomic E-state index is 0.0150. The van der Waals surface area contributed by atoms with Crippen molar-refractivity contribution < 1.29 is 27.1 Å². The number of hydrogen-bond acceptors (Lipinski definition) is 5. The quantitative estimate of drug-likeness (QED) is 0.264. The van der Waals surface area contributed by atoms with Crippen molar-refractivity contribution in [2.75, 3.05) is 13.1 Å². The summed E-state index contributed by atoms with van der Waals surface area (Å²) >= 11 is 0. The van der Waals surface area contributed by atoms with Crippen LogP contribution in [-0.4, -0.2) is 56.3 Å². The third-order valence-electron chi connectivity index (χ3n) is 7.39. The Labute approximate surface area is 240 Å². The van der Waals surface area contributed by atoms with E-state index in [4.69, 9.17) is 0 Å². The second-order valence-corrected chi connectivity index (χ2v) is 11.8. The second kappa shape index (κ2) is 10.9. The lowest BCUT2D eigenvalue weighted by molar-refractivity contribution is 0.124. The summed E-state index contributed by atoms with van der Waals surface area (Å²) in [5.41, 5.74) is 2.06. The van der Waals surface area contributed by atoms with E-state index in [9.17, 15) is 27.1 Å². The Balaban J connectivity index is 1.40. The van der Waals surface area contributed by atoms with Crippen molar-refractivity contribution in [2.24, 2.45) is 0 Å². The summed E-state index contributed by atoms with van der Waals surface area (Å²) in [4.78, 5) is 17.2. The van der Waals surface area contributed by atoms with Crippen molar-refractivity contribution in [1.29, 1.82) is 0 Å². The second-order valence-electron chi connectivity index (χ2n) is 10.0. The van der Waals surface area contributed by atoms with Gasteiger partial charge in [0.1, 0.15) is 11.6 Å². The molecule has 0 atom stereocenters. The SMILES string of the molecule is O=C(O)N1CCC(n2cc(-c3cnc4c(c3)c(C=Cc3cc(F)ccc3F)cn4S(=O)(=O)c3ccccc3)cn2)CC1. The van der Waals surface area contributed by atoms with Crippen LogP contribution in [0.5, 0.6) is 0 Å². The van der Waals surface area contributed by atoms with Crippen LogP contribution in [0.1, 0.15) is 30.0 Å². The highest BCUT2D eigenvalue weighted by molar-refractivity contribution is 7.90. The molecule has 0 radical (unpaired) electrons. The van der Waals surface area contributed by atoms with Crippen LogP contribution in [0.4, 0.5) is 13.6 Å². The normalized spacial score (nSPS) is 14.7. The number of halogens is 2. The molecule has 0 aliphatic carbocycles. The van der Waals surface area contributed by atoms with E-state index in [-0.39, 0.29) is 22.1 Å². The fourth-order valence-electron chi connectivity index (χ4n) is 5.11. The first-order valence-electron chi connectivity index (χ1n) is 13.2. The number of rotatable bonds is 6. The Morgan fingerprint density at radius 1 is 0.929 bits per heavy atom. The number of piperidine rings is 1. The minimum atomic E-state index is -4.02. The van der Waals surface area contributed by atoms with E-state index in [1.165, 1.54) is 35.4 Å². The van der Waals surface area contributed by atoms with Crippen LogP contribution in [0, 0.1) is 11.6 Å². The number of nitrogens with zero attached hydrogens (tertiary/aromatic N) is 5. The highest BCUT2D eigenvalue weighted by Gasteiger charge is 2.25. The molecule has 0 spiro atoms. The first-order valence-corrected chi connectivity index (χ1v) is 14.6. The molecule has 4 heterocycles. The molecule has 1 aliphatic heterocycles. The lowest BCUT2D eigenvalue weighted by Gasteiger charge is -2.30. The summed E-state index contributed by atoms with van der Waals surface area (Å²) in [6, 6.07) is 12.9. The number of amides is 1. The summed E-state index contributed by atoms with van der Waals surface area (Å²) in [6.45, 7) is 0.849. The number of likely N-dealkylation sites (tertiary alicyclic amines) is 1. The largest absolute Gasteiger partial charge is 0.465 e. The number of carbonyl (C=O) groups is 1. The fraction of sp³-hybridized carbons (Fsp3) is 0.167. The van der Waals surface area contributed by atoms with E-state index in [0.717, 1.165) is 27.7 Å². The van der Waals surface area contributed by atoms with Gasteiger partial charge in [0.05, 0.1) is 17.1 Å². The van der Waals surface area contributed by atoms with Crippen molar-refractivity contribution >= 4 is 39.3 Å². The molecule has 1 N–H and O–H groups in total. The molecule has 2 aromatic carbocycles. The van der Waals surface area contributed by atoms with Crippen LogP contribution in [0.2, 0.25) is 0 Å². The fourth-order valence-corrected chi connectivity index (χ4v) is 6.47. The Kier molecular flexibility index (Phi) is 7.07. The molecule has 0 bridgehead atoms. The molecule has 1 fully saturated rings. The van der Waals surface area contributed by atoms with Crippen molar-refractivity contribution in [3.05, 3.63) is 102 Å². The standard InChI is InChI=1S/C30H25F2N5O4S/c31-24-8-9-28(32)20(14-24)6-7-21-19-37(42(40,41)26-4-2-1-3-5-26)29-27(21)15-22(16-33-29)23-17-34-36(18-23)25-10-12-35(13-11-25)30(38)39/h1-9,14-19,25H,10-13H2,(H,38,39). The Hall–Kier alpha value is -4.84. The van der Waals surface area contributed by atoms with Crippen molar-refractivity contribution in [3.63, 3.8) is 0 Å². The van der Waals surface area contributed by atoms with Crippen LogP contribution in [0.3, 0.4) is 0 Å². The van der Waals surface area contributed by atoms with E-state index in [0.29, 0.717) is 42.4 Å². The zero-order valence-corrected chi connectivity index (χ0v) is 23.0. The van der Waals surface area contributed by atoms with Crippen molar-refractivity contribution in [1.82, 2.24) is 23.6 Å². The number of fused-ring (bicyclic) bond motifs is 1. The molecule has 1 amide bonds. The van der Waals surface area contributed by atoms with Gasteiger partial charge in [-0.15, -0.1) is 0 Å². The summed E-state index contributed by atoms with van der Waals surface area (Å²) in [6.07, 6.45) is 9.78. The molecule has 1 saturated heterocycles. The van der Waals surface area contributed by atoms with Gasteiger partial charge in [0.25, 0.3) is 10.0 Å². The lowest BCUT2D eigenvalue weighted by atomic mass is 10.1. The van der Waals surface area contributed by atoms with Crippen LogP contribution in [0.25, 0.3) is 34.3 Å². The van der Waals surface area contributed by atoms with Crippen LogP contribution in [0.15, 0.2) is 84.3 Å². The van der Waals surface area contributed by atoms with Gasteiger partial charge in [-0.1, -0.05) is 30.4 Å². The molecule has 3 aromatic heterocycles. The van der Waals surface area contributed by atoms with Crippen LogP contribution < -0.4 is 0 Å². The summed E-state index contributed by atoms with van der Waals surface area (Å²) in [5, 5.41) is 14.2. The van der Waals surface area contributed by atoms with Gasteiger partial charge >= 0.3 is 6.09 Å². The number of benzene rings is 2. The van der Waals surface area contributed by atoms with Gasteiger partial charge < -0.3 is 10.0 Å². The predicted octanol–water partition coefficient (Wildman–Crippen LogP) is 5.90. The molecular formula is C30H25F2N5O4S. The van der Waals surface area contributed by atoms with Crippen LogP contribution >= 0.6 is 0 Å². The smallest absolute Gasteiger partial charge is 0.407 e. The van der Waals surface area contributed by atoms with Gasteiger partial charge in [0.2, 0.25) is 0 Å². The Bertz CT molecular complexity index is 1930. The Morgan fingerprint density at radius 3 is 2.40 bits per heavy atom. The zero-order chi connectivity index (χ0) is 29.4. The first kappa shape index (κ1) is 27.3. The van der Waals surface area contributed by atoms with Gasteiger partial charge in [0.15, 0.2) is 5.65 Å². The van der Waals surface area contributed by atoms with Gasteiger partial charge in [-0.05, 0) is 49.2 Å². The first-order chi connectivity index (χ1) is 20.2. The third kappa shape index (κ3) is 5.16. The molecule has 9 nitrogen and oxygen atoms in total. The average Bonchev–Trinajstić information content (AvgIpc) is 3.64. The monoisotopic (exact) mass is 589 g/mol. The maximum Gasteiger partial charge on any atom is 0.407 e. The molecule has 42 heavy (non-hydrogen) atoms. The highest BCUT2D eigenvalue weighted by atomic mass is 32.2. The summed E-state index contributed by atoms with van der Waals surface area (Å²) in [5.74, 6) is -1.21. The number of hydrogen-bond donors (Lipinski definition) is 1. The molecule has 0 saturated carbocycles.